The quantitative estimate of drug-likeness (QED) is 0.714. The van der Waals surface area contributed by atoms with Crippen LogP contribution < -0.4 is 0 Å². The van der Waals surface area contributed by atoms with Crippen LogP contribution in [0, 0.1) is 42.3 Å². The van der Waals surface area contributed by atoms with Gasteiger partial charge >= 0.3 is 0 Å². The van der Waals surface area contributed by atoms with Gasteiger partial charge < -0.3 is 0 Å². The first-order chi connectivity index (χ1) is 9.06. The maximum atomic E-state index is 12.5. The van der Waals surface area contributed by atoms with Crippen LogP contribution in [0.1, 0.15) is 22.3 Å². The van der Waals surface area contributed by atoms with Crippen molar-refractivity contribution >= 4 is 0 Å². The third kappa shape index (κ3) is 4.61. The van der Waals surface area contributed by atoms with E-state index in [1.54, 1.807) is 6.92 Å². The Labute approximate surface area is 112 Å². The highest BCUT2D eigenvalue weighted by Crippen LogP contribution is 2.07. The van der Waals surface area contributed by atoms with E-state index >= 15 is 0 Å². The third-order valence-corrected chi connectivity index (χ3v) is 2.47. The lowest BCUT2D eigenvalue weighted by molar-refractivity contribution is 0.618. The minimum Gasteiger partial charge on any atom is -0.207 e. The van der Waals surface area contributed by atoms with Crippen LogP contribution in [0.2, 0.25) is 0 Å². The zero-order valence-corrected chi connectivity index (χ0v) is 10.8. The second-order valence-corrected chi connectivity index (χ2v) is 4.05. The molecule has 0 aliphatic rings. The molecule has 0 spiro atoms. The Morgan fingerprint density at radius 1 is 0.842 bits per heavy atom. The zero-order chi connectivity index (χ0) is 14.3. The second kappa shape index (κ2) is 6.93. The number of aryl methyl sites for hydroxylation is 2. The predicted octanol–water partition coefficient (Wildman–Crippen LogP) is 3.87. The first-order valence-corrected chi connectivity index (χ1v) is 5.70. The summed E-state index contributed by atoms with van der Waals surface area (Å²) in [4.78, 5) is 0. The van der Waals surface area contributed by atoms with Crippen molar-refractivity contribution < 1.29 is 4.39 Å². The van der Waals surface area contributed by atoms with Crippen LogP contribution in [0.4, 0.5) is 4.39 Å². The minimum absolute atomic E-state index is 0.265. The first-order valence-electron chi connectivity index (χ1n) is 5.70. The average Bonchev–Trinajstić information content (AvgIpc) is 2.43. The summed E-state index contributed by atoms with van der Waals surface area (Å²) < 4.78 is 12.5. The van der Waals surface area contributed by atoms with Gasteiger partial charge in [-0.15, -0.1) is 0 Å². The van der Waals surface area contributed by atoms with Gasteiger partial charge in [0.2, 0.25) is 0 Å². The van der Waals surface area contributed by atoms with E-state index in [-0.39, 0.29) is 5.82 Å². The molecule has 2 aromatic rings. The van der Waals surface area contributed by atoms with Gasteiger partial charge in [-0.3, -0.25) is 0 Å². The van der Waals surface area contributed by atoms with Crippen LogP contribution in [0.3, 0.4) is 0 Å². The fourth-order valence-electron chi connectivity index (χ4n) is 1.34. The number of benzene rings is 2. The predicted molar refractivity (Wildman–Crippen MR) is 71.7 cm³/mol. The topological polar surface area (TPSA) is 47.6 Å². The van der Waals surface area contributed by atoms with Crippen LogP contribution in [0.15, 0.2) is 42.5 Å². The summed E-state index contributed by atoms with van der Waals surface area (Å²) in [5.41, 5.74) is 2.92. The lowest BCUT2D eigenvalue weighted by Gasteiger charge is -1.93. The molecule has 0 bridgehead atoms. The summed E-state index contributed by atoms with van der Waals surface area (Å²) >= 11 is 0. The Morgan fingerprint density at radius 2 is 1.37 bits per heavy atom. The van der Waals surface area contributed by atoms with Crippen LogP contribution >= 0.6 is 0 Å². The van der Waals surface area contributed by atoms with Crippen LogP contribution in [0.5, 0.6) is 0 Å². The number of hydrogen-bond acceptors (Lipinski definition) is 2. The van der Waals surface area contributed by atoms with Crippen molar-refractivity contribution in [2.75, 3.05) is 0 Å². The van der Waals surface area contributed by atoms with Crippen LogP contribution in [-0.2, 0) is 0 Å². The zero-order valence-electron chi connectivity index (χ0n) is 10.8. The average molecular weight is 252 g/mol. The van der Waals surface area contributed by atoms with Gasteiger partial charge in [-0.25, -0.2) is 4.39 Å². The van der Waals surface area contributed by atoms with Crippen molar-refractivity contribution in [3.05, 3.63) is 70.5 Å². The van der Waals surface area contributed by atoms with Crippen molar-refractivity contribution in [3.63, 3.8) is 0 Å². The van der Waals surface area contributed by atoms with Crippen molar-refractivity contribution in [3.8, 4) is 12.1 Å². The highest BCUT2D eigenvalue weighted by Gasteiger charge is 1.96. The van der Waals surface area contributed by atoms with Crippen LogP contribution in [-0.4, -0.2) is 0 Å². The van der Waals surface area contributed by atoms with Gasteiger partial charge in [-0.1, -0.05) is 17.7 Å². The van der Waals surface area contributed by atoms with Gasteiger partial charge in [0.05, 0.1) is 23.3 Å². The Bertz CT molecular complexity index is 631. The molecular weight excluding hydrogens is 239 g/mol. The van der Waals surface area contributed by atoms with E-state index in [2.05, 4.69) is 6.07 Å². The lowest BCUT2D eigenvalue weighted by Crippen LogP contribution is -1.82. The molecule has 0 aliphatic heterocycles. The largest absolute Gasteiger partial charge is 0.207 e. The molecule has 2 aromatic carbocycles. The van der Waals surface area contributed by atoms with Gasteiger partial charge in [-0.05, 0) is 49.7 Å². The maximum Gasteiger partial charge on any atom is 0.126 e. The van der Waals surface area contributed by atoms with Gasteiger partial charge in [-0.2, -0.15) is 10.5 Å². The molecule has 0 saturated carbocycles. The van der Waals surface area contributed by atoms with Crippen molar-refractivity contribution in [2.45, 2.75) is 13.8 Å². The Hall–Kier alpha value is -2.65. The van der Waals surface area contributed by atoms with Gasteiger partial charge in [0, 0.05) is 0 Å². The van der Waals surface area contributed by atoms with E-state index in [0.717, 1.165) is 5.56 Å². The van der Waals surface area contributed by atoms with Gasteiger partial charge in [0.25, 0.3) is 0 Å². The molecule has 0 N–H and O–H groups in total. The SMILES string of the molecule is Cc1cc(C#N)ccc1F.Cc1ccc(C#N)cc1. The van der Waals surface area contributed by atoms with E-state index in [0.29, 0.717) is 11.1 Å². The van der Waals surface area contributed by atoms with Gasteiger partial charge in [0.1, 0.15) is 5.82 Å². The Balaban J connectivity index is 0.000000191. The summed E-state index contributed by atoms with van der Waals surface area (Å²) in [6.45, 7) is 3.64. The van der Waals surface area contributed by atoms with Crippen molar-refractivity contribution in [2.24, 2.45) is 0 Å². The molecule has 0 amide bonds. The summed E-state index contributed by atoms with van der Waals surface area (Å²) in [5.74, 6) is -0.265. The Morgan fingerprint density at radius 3 is 1.84 bits per heavy atom. The number of halogens is 1. The third-order valence-electron chi connectivity index (χ3n) is 2.47. The molecule has 3 heteroatoms. The number of nitriles is 2. The number of nitrogens with zero attached hydrogens (tertiary/aromatic N) is 2. The summed E-state index contributed by atoms with van der Waals surface area (Å²) in [6.07, 6.45) is 0. The Kier molecular flexibility index (Phi) is 5.26. The molecule has 0 atom stereocenters. The molecule has 19 heavy (non-hydrogen) atoms. The highest BCUT2D eigenvalue weighted by molar-refractivity contribution is 5.33. The highest BCUT2D eigenvalue weighted by atomic mass is 19.1. The molecule has 0 aliphatic carbocycles. The molecule has 0 fully saturated rings. The fourth-order valence-corrected chi connectivity index (χ4v) is 1.34. The molecular formula is C16H13FN2. The maximum absolute atomic E-state index is 12.5. The first kappa shape index (κ1) is 14.4. The molecule has 0 radical (unpaired) electrons. The van der Waals surface area contributed by atoms with Gasteiger partial charge in [0.15, 0.2) is 0 Å². The normalized spacial score (nSPS) is 8.68. The molecule has 0 unspecified atom stereocenters. The molecule has 0 heterocycles. The fraction of sp³-hybridized carbons (Fsp3) is 0.125. The minimum atomic E-state index is -0.265. The molecule has 0 saturated heterocycles. The standard InChI is InChI=1S/C8H6FN.C8H7N/c1-6-4-7(5-10)2-3-8(6)9;1-7-2-4-8(6-9)5-3-7/h2-4H,1H3;2-5H,1H3. The van der Waals surface area contributed by atoms with Crippen molar-refractivity contribution in [1.29, 1.82) is 10.5 Å². The molecule has 2 rings (SSSR count). The molecule has 94 valence electrons. The van der Waals surface area contributed by atoms with E-state index in [1.165, 1.54) is 23.8 Å². The monoisotopic (exact) mass is 252 g/mol. The lowest BCUT2D eigenvalue weighted by atomic mass is 10.1. The van der Waals surface area contributed by atoms with Crippen molar-refractivity contribution in [1.82, 2.24) is 0 Å². The van der Waals surface area contributed by atoms with E-state index in [1.807, 2.05) is 37.3 Å². The van der Waals surface area contributed by atoms with E-state index < -0.39 is 0 Å². The smallest absolute Gasteiger partial charge is 0.126 e. The van der Waals surface area contributed by atoms with E-state index in [9.17, 15) is 4.39 Å². The number of hydrogen-bond donors (Lipinski definition) is 0. The number of rotatable bonds is 0. The summed E-state index contributed by atoms with van der Waals surface area (Å²) in [7, 11) is 0. The molecule has 0 aromatic heterocycles. The second-order valence-electron chi connectivity index (χ2n) is 4.05. The summed E-state index contributed by atoms with van der Waals surface area (Å²) in [6, 6.07) is 15.8. The molecule has 2 nitrogen and oxygen atoms in total. The van der Waals surface area contributed by atoms with Crippen LogP contribution in [0.25, 0.3) is 0 Å². The van der Waals surface area contributed by atoms with E-state index in [4.69, 9.17) is 10.5 Å². The summed E-state index contributed by atoms with van der Waals surface area (Å²) in [5, 5.41) is 16.8.